The zero-order valence-electron chi connectivity index (χ0n) is 15.7. The quantitative estimate of drug-likeness (QED) is 0.395. The van der Waals surface area contributed by atoms with Gasteiger partial charge < -0.3 is 4.74 Å². The van der Waals surface area contributed by atoms with E-state index in [1.54, 1.807) is 6.33 Å². The Morgan fingerprint density at radius 1 is 1.14 bits per heavy atom. The lowest BCUT2D eigenvalue weighted by Crippen LogP contribution is -2.07. The smallest absolute Gasteiger partial charge is 0.197 e. The van der Waals surface area contributed by atoms with E-state index in [1.807, 2.05) is 30.3 Å². The Labute approximate surface area is 177 Å². The van der Waals surface area contributed by atoms with Crippen molar-refractivity contribution in [3.63, 3.8) is 0 Å². The van der Waals surface area contributed by atoms with Gasteiger partial charge in [-0.2, -0.15) is 0 Å². The first-order chi connectivity index (χ1) is 14.2. The zero-order chi connectivity index (χ0) is 19.8. The lowest BCUT2D eigenvalue weighted by Gasteiger charge is -2.11. The molecule has 2 heterocycles. The largest absolute Gasteiger partial charge is 0.484 e. The molecule has 4 aromatic rings. The van der Waals surface area contributed by atoms with Gasteiger partial charge in [-0.3, -0.25) is 4.57 Å². The fourth-order valence-corrected chi connectivity index (χ4v) is 4.36. The monoisotopic (exact) mass is 423 g/mol. The summed E-state index contributed by atoms with van der Waals surface area (Å²) in [7, 11) is 0. The summed E-state index contributed by atoms with van der Waals surface area (Å²) >= 11 is 7.72. The van der Waals surface area contributed by atoms with Gasteiger partial charge in [0.1, 0.15) is 23.7 Å². The number of fused-ring (bicyclic) bond motifs is 1. The molecule has 1 fully saturated rings. The van der Waals surface area contributed by atoms with Crippen LogP contribution in [0.2, 0.25) is 5.02 Å². The van der Waals surface area contributed by atoms with Crippen molar-refractivity contribution in [2.45, 2.75) is 42.6 Å². The van der Waals surface area contributed by atoms with Crippen LogP contribution >= 0.6 is 23.4 Å². The fraction of sp³-hybridized carbons (Fsp3) is 0.238. The number of aromatic nitrogens is 5. The van der Waals surface area contributed by atoms with E-state index >= 15 is 0 Å². The molecular formula is C21H18ClN5OS. The van der Waals surface area contributed by atoms with Crippen LogP contribution in [0.25, 0.3) is 10.9 Å². The van der Waals surface area contributed by atoms with Gasteiger partial charge >= 0.3 is 0 Å². The minimum atomic E-state index is 0.317. The summed E-state index contributed by atoms with van der Waals surface area (Å²) < 4.78 is 8.07. The summed E-state index contributed by atoms with van der Waals surface area (Å²) in [6.45, 7) is 2.38. The van der Waals surface area contributed by atoms with Crippen molar-refractivity contribution in [2.24, 2.45) is 0 Å². The highest BCUT2D eigenvalue weighted by molar-refractivity contribution is 7.99. The molecule has 6 nitrogen and oxygen atoms in total. The summed E-state index contributed by atoms with van der Waals surface area (Å²) in [5, 5.41) is 12.2. The third kappa shape index (κ3) is 3.80. The average molecular weight is 424 g/mol. The predicted molar refractivity (Wildman–Crippen MR) is 112 cm³/mol. The van der Waals surface area contributed by atoms with E-state index in [4.69, 9.17) is 16.3 Å². The number of ether oxygens (including phenoxy) is 1. The van der Waals surface area contributed by atoms with E-state index in [0.717, 1.165) is 39.8 Å². The molecule has 1 saturated carbocycles. The van der Waals surface area contributed by atoms with E-state index < -0.39 is 0 Å². The highest BCUT2D eigenvalue weighted by Crippen LogP contribution is 2.41. The van der Waals surface area contributed by atoms with Crippen molar-refractivity contribution in [3.8, 4) is 5.75 Å². The van der Waals surface area contributed by atoms with E-state index in [-0.39, 0.29) is 0 Å². The van der Waals surface area contributed by atoms with Crippen LogP contribution in [0.15, 0.2) is 59.0 Å². The number of para-hydroxylation sites is 1. The van der Waals surface area contributed by atoms with Gasteiger partial charge in [0, 0.05) is 11.4 Å². The van der Waals surface area contributed by atoms with Crippen LogP contribution in [-0.2, 0) is 6.61 Å². The van der Waals surface area contributed by atoms with Crippen LogP contribution in [0.1, 0.15) is 30.3 Å². The molecule has 0 aliphatic heterocycles. The SMILES string of the molecule is Cc1ccc2ncnc(Sc3nnc(COc4ccccc4Cl)n3C3CC3)c2c1. The maximum absolute atomic E-state index is 6.20. The van der Waals surface area contributed by atoms with Crippen LogP contribution in [0.4, 0.5) is 0 Å². The van der Waals surface area contributed by atoms with Crippen LogP contribution in [0.5, 0.6) is 5.75 Å². The molecule has 0 saturated heterocycles. The van der Waals surface area contributed by atoms with Crippen molar-refractivity contribution in [2.75, 3.05) is 0 Å². The van der Waals surface area contributed by atoms with E-state index in [9.17, 15) is 0 Å². The van der Waals surface area contributed by atoms with Gasteiger partial charge in [-0.25, -0.2) is 9.97 Å². The average Bonchev–Trinajstić information content (AvgIpc) is 3.49. The highest BCUT2D eigenvalue weighted by atomic mass is 35.5. The molecule has 2 aromatic carbocycles. The minimum Gasteiger partial charge on any atom is -0.484 e. The summed E-state index contributed by atoms with van der Waals surface area (Å²) in [4.78, 5) is 8.87. The van der Waals surface area contributed by atoms with Gasteiger partial charge in [0.25, 0.3) is 0 Å². The Morgan fingerprint density at radius 3 is 2.83 bits per heavy atom. The van der Waals surface area contributed by atoms with Crippen molar-refractivity contribution in [3.05, 3.63) is 65.2 Å². The van der Waals surface area contributed by atoms with Gasteiger partial charge in [0.2, 0.25) is 0 Å². The van der Waals surface area contributed by atoms with Crippen molar-refractivity contribution in [1.82, 2.24) is 24.7 Å². The van der Waals surface area contributed by atoms with E-state index in [1.165, 1.54) is 17.3 Å². The lowest BCUT2D eigenvalue weighted by molar-refractivity contribution is 0.288. The molecule has 0 radical (unpaired) electrons. The normalized spacial score (nSPS) is 13.7. The second-order valence-corrected chi connectivity index (χ2v) is 8.38. The lowest BCUT2D eigenvalue weighted by atomic mass is 10.2. The zero-order valence-corrected chi connectivity index (χ0v) is 17.3. The van der Waals surface area contributed by atoms with Gasteiger partial charge in [0.05, 0.1) is 10.5 Å². The Kier molecular flexibility index (Phi) is 4.85. The standard InChI is InChI=1S/C21H18ClN5OS/c1-13-6-9-17-15(10-13)20(24-12-23-17)29-21-26-25-19(27(21)14-7-8-14)11-28-18-5-3-2-4-16(18)22/h2-6,9-10,12,14H,7-8,11H2,1H3. The topological polar surface area (TPSA) is 65.7 Å². The molecule has 146 valence electrons. The van der Waals surface area contributed by atoms with Gasteiger partial charge in [-0.15, -0.1) is 10.2 Å². The summed E-state index contributed by atoms with van der Waals surface area (Å²) in [6, 6.07) is 14.0. The first-order valence-electron chi connectivity index (χ1n) is 9.39. The molecule has 0 spiro atoms. The number of aryl methyl sites for hydroxylation is 1. The Balaban J connectivity index is 1.45. The molecule has 0 unspecified atom stereocenters. The molecule has 0 amide bonds. The van der Waals surface area contributed by atoms with Crippen LogP contribution in [0, 0.1) is 6.92 Å². The molecular weight excluding hydrogens is 406 g/mol. The molecule has 1 aliphatic rings. The molecule has 2 aromatic heterocycles. The molecule has 0 N–H and O–H groups in total. The number of benzene rings is 2. The minimum absolute atomic E-state index is 0.317. The Hall–Kier alpha value is -2.64. The van der Waals surface area contributed by atoms with Crippen LogP contribution in [-0.4, -0.2) is 24.7 Å². The van der Waals surface area contributed by atoms with Crippen LogP contribution < -0.4 is 4.74 Å². The van der Waals surface area contributed by atoms with Crippen LogP contribution in [0.3, 0.4) is 0 Å². The van der Waals surface area contributed by atoms with E-state index in [0.29, 0.717) is 23.4 Å². The number of rotatable bonds is 6. The Morgan fingerprint density at radius 2 is 2.00 bits per heavy atom. The number of hydrogen-bond donors (Lipinski definition) is 0. The third-order valence-electron chi connectivity index (χ3n) is 4.78. The first-order valence-corrected chi connectivity index (χ1v) is 10.6. The summed E-state index contributed by atoms with van der Waals surface area (Å²) in [5.41, 5.74) is 2.10. The van der Waals surface area contributed by atoms with Gasteiger partial charge in [0.15, 0.2) is 11.0 Å². The molecule has 29 heavy (non-hydrogen) atoms. The van der Waals surface area contributed by atoms with E-state index in [2.05, 4.69) is 43.8 Å². The summed E-state index contributed by atoms with van der Waals surface area (Å²) in [6.07, 6.45) is 3.84. The maximum Gasteiger partial charge on any atom is 0.197 e. The second-order valence-electron chi connectivity index (χ2n) is 7.02. The van der Waals surface area contributed by atoms with Crippen molar-refractivity contribution in [1.29, 1.82) is 0 Å². The van der Waals surface area contributed by atoms with Crippen molar-refractivity contribution >= 4 is 34.3 Å². The number of nitrogens with zero attached hydrogens (tertiary/aromatic N) is 5. The molecule has 8 heteroatoms. The third-order valence-corrected chi connectivity index (χ3v) is 6.07. The first kappa shape index (κ1) is 18.4. The predicted octanol–water partition coefficient (Wildman–Crippen LogP) is 5.25. The number of halogens is 1. The highest BCUT2D eigenvalue weighted by Gasteiger charge is 2.30. The molecule has 1 aliphatic carbocycles. The van der Waals surface area contributed by atoms with Crippen molar-refractivity contribution < 1.29 is 4.74 Å². The second kappa shape index (κ2) is 7.65. The number of hydrogen-bond acceptors (Lipinski definition) is 6. The van der Waals surface area contributed by atoms with Gasteiger partial charge in [-0.1, -0.05) is 35.4 Å². The molecule has 0 bridgehead atoms. The maximum atomic E-state index is 6.20. The van der Waals surface area contributed by atoms with Gasteiger partial charge in [-0.05, 0) is 55.8 Å². The fourth-order valence-electron chi connectivity index (χ4n) is 3.19. The molecule has 5 rings (SSSR count). The summed E-state index contributed by atoms with van der Waals surface area (Å²) in [5.74, 6) is 1.44. The Bertz CT molecular complexity index is 1190. The molecule has 0 atom stereocenters.